The van der Waals surface area contributed by atoms with Crippen LogP contribution in [0, 0.1) is 44.8 Å². The van der Waals surface area contributed by atoms with E-state index in [9.17, 15) is 27.6 Å². The van der Waals surface area contributed by atoms with Crippen molar-refractivity contribution in [3.05, 3.63) is 36.9 Å². The molecular formula is C42H60N6O8S. The first kappa shape index (κ1) is 41.6. The van der Waals surface area contributed by atoms with Gasteiger partial charge < -0.3 is 15.0 Å². The fourth-order valence-electron chi connectivity index (χ4n) is 11.4. The Morgan fingerprint density at radius 2 is 1.70 bits per heavy atom. The first-order valence-electron chi connectivity index (χ1n) is 20.8. The van der Waals surface area contributed by atoms with E-state index in [-0.39, 0.29) is 70.5 Å². The van der Waals surface area contributed by atoms with Gasteiger partial charge in [0.25, 0.3) is 5.91 Å². The molecule has 3 aliphatic heterocycles. The van der Waals surface area contributed by atoms with Gasteiger partial charge in [0.05, 0.1) is 23.7 Å². The quantitative estimate of drug-likeness (QED) is 0.260. The number of ether oxygens (including phenoxy) is 1. The van der Waals surface area contributed by atoms with Crippen molar-refractivity contribution in [1.82, 2.24) is 29.2 Å². The maximum atomic E-state index is 15.2. The molecule has 6 atom stereocenters. The minimum atomic E-state index is -4.07. The highest BCUT2D eigenvalue weighted by Crippen LogP contribution is 2.88. The largest absolute Gasteiger partial charge is 0.381 e. The van der Waals surface area contributed by atoms with Crippen molar-refractivity contribution in [2.75, 3.05) is 32.8 Å². The zero-order chi connectivity index (χ0) is 41.2. The van der Waals surface area contributed by atoms with Gasteiger partial charge in [0.2, 0.25) is 11.8 Å². The van der Waals surface area contributed by atoms with E-state index in [4.69, 9.17) is 4.74 Å². The molecule has 312 valence electrons. The maximum Gasteiger partial charge on any atom is 0.303 e. The van der Waals surface area contributed by atoms with Crippen LogP contribution in [0.2, 0.25) is 0 Å². The van der Waals surface area contributed by atoms with Gasteiger partial charge in [0.15, 0.2) is 11.6 Å². The van der Waals surface area contributed by atoms with Crippen LogP contribution in [-0.2, 0) is 34.1 Å². The molecule has 3 saturated carbocycles. The van der Waals surface area contributed by atoms with Crippen molar-refractivity contribution in [2.24, 2.45) is 44.8 Å². The summed E-state index contributed by atoms with van der Waals surface area (Å²) < 4.78 is 35.5. The number of allylic oxidation sites excluding steroid dienone is 1. The summed E-state index contributed by atoms with van der Waals surface area (Å²) in [6, 6.07) is -1.73. The Kier molecular flexibility index (Phi) is 10.9. The van der Waals surface area contributed by atoms with Crippen LogP contribution in [0.25, 0.3) is 0 Å². The van der Waals surface area contributed by atoms with Gasteiger partial charge in [-0.05, 0) is 79.4 Å². The highest BCUT2D eigenvalue weighted by atomic mass is 32.2. The first-order valence-corrected chi connectivity index (χ1v) is 22.2. The van der Waals surface area contributed by atoms with E-state index in [1.165, 1.54) is 22.9 Å². The van der Waals surface area contributed by atoms with Crippen molar-refractivity contribution in [3.8, 4) is 0 Å². The Morgan fingerprint density at radius 1 is 1.02 bits per heavy atom. The third-order valence-corrected chi connectivity index (χ3v) is 16.9. The smallest absolute Gasteiger partial charge is 0.303 e. The van der Waals surface area contributed by atoms with Gasteiger partial charge in [0.1, 0.15) is 5.69 Å². The normalized spacial score (nSPS) is 30.3. The van der Waals surface area contributed by atoms with E-state index in [0.29, 0.717) is 65.0 Å². The van der Waals surface area contributed by atoms with Gasteiger partial charge in [-0.2, -0.15) is 12.7 Å². The highest BCUT2D eigenvalue weighted by molar-refractivity contribution is 7.87. The summed E-state index contributed by atoms with van der Waals surface area (Å²) in [4.78, 5) is 81.6. The van der Waals surface area contributed by atoms with Gasteiger partial charge in [-0.15, -0.1) is 6.58 Å². The predicted octanol–water partition coefficient (Wildman–Crippen LogP) is 4.03. The number of fused-ring (bicyclic) bond motifs is 1. The zero-order valence-corrected chi connectivity index (χ0v) is 35.0. The summed E-state index contributed by atoms with van der Waals surface area (Å²) in [5.41, 5.74) is -2.32. The maximum absolute atomic E-state index is 15.2. The van der Waals surface area contributed by atoms with E-state index in [2.05, 4.69) is 40.4 Å². The van der Waals surface area contributed by atoms with Gasteiger partial charge in [-0.1, -0.05) is 47.1 Å². The van der Waals surface area contributed by atoms with Crippen molar-refractivity contribution >= 4 is 39.5 Å². The fraction of sp³-hybridized carbons (Fsp3) is 0.738. The molecule has 4 heterocycles. The molecule has 14 nitrogen and oxygen atoms in total. The summed E-state index contributed by atoms with van der Waals surface area (Å²) in [5, 5.41) is 2.92. The van der Waals surface area contributed by atoms with Gasteiger partial charge in [-0.25, -0.2) is 9.71 Å². The van der Waals surface area contributed by atoms with Crippen LogP contribution < -0.4 is 10.0 Å². The number of Topliss-reactive ketones (excluding diaryl/α,β-unsaturated/α-hetero) is 2. The summed E-state index contributed by atoms with van der Waals surface area (Å²) in [6.45, 7) is 16.0. The van der Waals surface area contributed by atoms with Gasteiger partial charge in [-0.3, -0.25) is 29.0 Å². The molecule has 57 heavy (non-hydrogen) atoms. The molecule has 15 heteroatoms. The molecule has 0 aromatic carbocycles. The second kappa shape index (κ2) is 14.9. The highest BCUT2D eigenvalue weighted by Gasteiger charge is 2.85. The summed E-state index contributed by atoms with van der Waals surface area (Å²) in [6.07, 6.45) is 11.9. The lowest BCUT2D eigenvalue weighted by atomic mass is 9.73. The monoisotopic (exact) mass is 808 g/mol. The lowest BCUT2D eigenvalue weighted by Crippen LogP contribution is -2.52. The first-order chi connectivity index (χ1) is 26.8. The Labute approximate surface area is 336 Å². The van der Waals surface area contributed by atoms with Crippen LogP contribution in [0.3, 0.4) is 0 Å². The lowest BCUT2D eigenvalue weighted by molar-refractivity contribution is -0.146. The minimum Gasteiger partial charge on any atom is -0.381 e. The Balaban J connectivity index is 1.16. The molecule has 3 saturated heterocycles. The second-order valence-electron chi connectivity index (χ2n) is 19.3. The van der Waals surface area contributed by atoms with E-state index in [1.807, 2.05) is 20.8 Å². The van der Waals surface area contributed by atoms with E-state index in [1.54, 1.807) is 11.0 Å². The molecule has 2 spiro atoms. The topological polar surface area (TPSA) is 185 Å². The Hall–Kier alpha value is -3.56. The molecule has 7 rings (SSSR count). The standard InChI is InChI=1S/C42H60N6O8S/c1-7-28-22-40(28,37(53)46-57(54,55)47-17-8-9-18-47)24-33(50)31-23-42(39(5,6)41(42)13-10-14-41)26-48(31)36(52)29(38(2,3)4)21-32(49)34(27-11-19-56-20-12-27)45-35(51)30-25-43-15-16-44-30/h7,15-16,25,27-29,31,34H,1,8-14,17-24,26H2,2-6H3,(H,45,51)(H,46,53)/t28-,29-,31+,34+,40-,42-/m1/s1. The zero-order valence-electron chi connectivity index (χ0n) is 34.2. The molecular weight excluding hydrogens is 749 g/mol. The number of hydrogen-bond acceptors (Lipinski definition) is 10. The lowest BCUT2D eigenvalue weighted by Gasteiger charge is -2.37. The molecule has 1 aromatic rings. The van der Waals surface area contributed by atoms with E-state index >= 15 is 4.79 Å². The van der Waals surface area contributed by atoms with Crippen molar-refractivity contribution < 1.29 is 37.1 Å². The molecule has 0 unspecified atom stereocenters. The summed E-state index contributed by atoms with van der Waals surface area (Å²) >= 11 is 0. The van der Waals surface area contributed by atoms with E-state index in [0.717, 1.165) is 19.3 Å². The molecule has 2 N–H and O–H groups in total. The second-order valence-corrected chi connectivity index (χ2v) is 21.0. The number of aromatic nitrogens is 2. The third-order valence-electron chi connectivity index (χ3n) is 15.4. The van der Waals surface area contributed by atoms with Crippen LogP contribution >= 0.6 is 0 Å². The van der Waals surface area contributed by atoms with Crippen molar-refractivity contribution in [2.45, 2.75) is 117 Å². The molecule has 6 fully saturated rings. The van der Waals surface area contributed by atoms with Gasteiger partial charge in [0, 0.05) is 69.4 Å². The fourth-order valence-corrected chi connectivity index (χ4v) is 12.7. The van der Waals surface area contributed by atoms with Crippen LogP contribution in [-0.4, -0.2) is 102 Å². The van der Waals surface area contributed by atoms with Crippen LogP contribution in [0.15, 0.2) is 31.2 Å². The Bertz CT molecular complexity index is 1900. The summed E-state index contributed by atoms with van der Waals surface area (Å²) in [5.74, 6) is -3.48. The molecule has 3 amide bonds. The third kappa shape index (κ3) is 7.06. The molecule has 1 aromatic heterocycles. The van der Waals surface area contributed by atoms with Gasteiger partial charge >= 0.3 is 10.2 Å². The van der Waals surface area contributed by atoms with Crippen LogP contribution in [0.4, 0.5) is 0 Å². The summed E-state index contributed by atoms with van der Waals surface area (Å²) in [7, 11) is -4.07. The number of carbonyl (C=O) groups is 5. The number of likely N-dealkylation sites (tertiary alicyclic amines) is 1. The average molecular weight is 809 g/mol. The number of nitrogens with zero attached hydrogens (tertiary/aromatic N) is 4. The molecule has 6 aliphatic rings. The molecule has 3 aliphatic carbocycles. The van der Waals surface area contributed by atoms with Crippen LogP contribution in [0.5, 0.6) is 0 Å². The average Bonchev–Trinajstić information content (AvgIpc) is 3.61. The van der Waals surface area contributed by atoms with E-state index < -0.39 is 50.9 Å². The predicted molar refractivity (Wildman–Crippen MR) is 210 cm³/mol. The Morgan fingerprint density at radius 3 is 2.25 bits per heavy atom. The molecule has 0 bridgehead atoms. The number of nitrogens with one attached hydrogen (secondary N) is 2. The SMILES string of the molecule is C=C[C@@H]1C[C@]1(CC(=O)[C@@H]1C[C@@]2(CN1C(=O)[C@@H](CC(=O)[C@@H](NC(=O)c1cnccn1)C1CCOCC1)C(C)(C)C)C(C)(C)C21CCC1)C(=O)NS(=O)(=O)N1CCCC1. The number of ketones is 2. The minimum absolute atomic E-state index is 0.00146. The van der Waals surface area contributed by atoms with Crippen molar-refractivity contribution in [3.63, 3.8) is 0 Å². The number of rotatable bonds is 14. The number of hydrogen-bond donors (Lipinski definition) is 2. The number of amides is 3. The number of carbonyl (C=O) groups excluding carboxylic acids is 5. The van der Waals surface area contributed by atoms with Crippen LogP contribution in [0.1, 0.15) is 116 Å². The van der Waals surface area contributed by atoms with Crippen molar-refractivity contribution in [1.29, 1.82) is 0 Å². The molecule has 0 radical (unpaired) electrons.